The maximum atomic E-state index is 13.0. The number of phenolic OH excluding ortho intramolecular Hbond substituents is 1. The molecule has 3 aromatic rings. The lowest BCUT2D eigenvalue weighted by molar-refractivity contribution is 0.473. The predicted molar refractivity (Wildman–Crippen MR) is 98.5 cm³/mol. The molecular weight excluding hydrogens is 317 g/mol. The molecule has 128 valence electrons. The minimum Gasteiger partial charge on any atom is -0.505 e. The Labute approximate surface area is 145 Å². The fourth-order valence-electron chi connectivity index (χ4n) is 2.66. The van der Waals surface area contributed by atoms with E-state index in [4.69, 9.17) is 5.73 Å². The lowest BCUT2D eigenvalue weighted by atomic mass is 10.0. The summed E-state index contributed by atoms with van der Waals surface area (Å²) in [6.07, 6.45) is 4.89. The molecular formula is C20H20FN3O. The van der Waals surface area contributed by atoms with Gasteiger partial charge in [0.2, 0.25) is 0 Å². The van der Waals surface area contributed by atoms with Crippen molar-refractivity contribution in [1.29, 1.82) is 0 Å². The van der Waals surface area contributed by atoms with Crippen LogP contribution in [-0.4, -0.2) is 22.8 Å². The molecule has 0 saturated heterocycles. The number of rotatable bonds is 6. The Morgan fingerprint density at radius 1 is 1.12 bits per heavy atom. The monoisotopic (exact) mass is 337 g/mol. The molecule has 0 radical (unpaired) electrons. The number of nitrogens with two attached hydrogens (primary N) is 1. The maximum Gasteiger partial charge on any atom is 0.146 e. The van der Waals surface area contributed by atoms with Crippen LogP contribution in [0.25, 0.3) is 10.9 Å². The number of hydrogen-bond acceptors (Lipinski definition) is 4. The number of pyridine rings is 1. The van der Waals surface area contributed by atoms with Gasteiger partial charge in [-0.3, -0.25) is 9.98 Å². The van der Waals surface area contributed by atoms with Crippen molar-refractivity contribution in [2.24, 2.45) is 10.7 Å². The number of hydrogen-bond donors (Lipinski definition) is 2. The van der Waals surface area contributed by atoms with Crippen molar-refractivity contribution in [3.05, 3.63) is 71.2 Å². The molecule has 4 nitrogen and oxygen atoms in total. The molecule has 5 heteroatoms. The van der Waals surface area contributed by atoms with Gasteiger partial charge in [-0.15, -0.1) is 0 Å². The van der Waals surface area contributed by atoms with Crippen LogP contribution in [0.2, 0.25) is 0 Å². The normalized spacial score (nSPS) is 11.4. The zero-order valence-corrected chi connectivity index (χ0v) is 13.8. The molecule has 0 saturated carbocycles. The van der Waals surface area contributed by atoms with Crippen molar-refractivity contribution in [2.75, 3.05) is 6.54 Å². The third-order valence-corrected chi connectivity index (χ3v) is 3.97. The van der Waals surface area contributed by atoms with Gasteiger partial charge in [-0.05, 0) is 48.7 Å². The molecule has 1 aromatic heterocycles. The van der Waals surface area contributed by atoms with Crippen molar-refractivity contribution in [2.45, 2.75) is 19.4 Å². The van der Waals surface area contributed by atoms with Gasteiger partial charge in [-0.2, -0.15) is 0 Å². The molecule has 3 N–H and O–H groups in total. The number of phenols is 1. The molecule has 3 rings (SSSR count). The quantitative estimate of drug-likeness (QED) is 0.675. The molecule has 0 fully saturated rings. The van der Waals surface area contributed by atoms with Gasteiger partial charge in [-0.1, -0.05) is 24.3 Å². The summed E-state index contributed by atoms with van der Waals surface area (Å²) >= 11 is 0. The number of aromatic hydroxyl groups is 1. The van der Waals surface area contributed by atoms with Crippen LogP contribution in [0, 0.1) is 5.82 Å². The lowest BCUT2D eigenvalue weighted by Gasteiger charge is -2.08. The van der Waals surface area contributed by atoms with Crippen LogP contribution in [0.3, 0.4) is 0 Å². The van der Waals surface area contributed by atoms with Crippen LogP contribution in [-0.2, 0) is 13.0 Å². The molecule has 0 unspecified atom stereocenters. The standard InChI is InChI=1S/C20H20FN3O/c21-18-6-2-14(3-7-18)10-15-11-16-4-5-17(13-23-9-1-8-22)20(25)19(16)24-12-15/h2-7,9,11-12,25H,1,8,10,13,22H2. The summed E-state index contributed by atoms with van der Waals surface area (Å²) in [4.78, 5) is 8.66. The van der Waals surface area contributed by atoms with Gasteiger partial charge in [0.25, 0.3) is 0 Å². The summed E-state index contributed by atoms with van der Waals surface area (Å²) in [5.74, 6) is -0.0808. The van der Waals surface area contributed by atoms with E-state index >= 15 is 0 Å². The first-order valence-electron chi connectivity index (χ1n) is 8.19. The lowest BCUT2D eigenvalue weighted by Crippen LogP contribution is -1.98. The van der Waals surface area contributed by atoms with Gasteiger partial charge in [0.05, 0.1) is 6.54 Å². The van der Waals surface area contributed by atoms with Crippen LogP contribution in [0.4, 0.5) is 4.39 Å². The van der Waals surface area contributed by atoms with E-state index in [1.54, 1.807) is 24.5 Å². The summed E-state index contributed by atoms with van der Waals surface area (Å²) in [6, 6.07) is 12.2. The van der Waals surface area contributed by atoms with E-state index in [1.165, 1.54) is 12.1 Å². The van der Waals surface area contributed by atoms with Gasteiger partial charge >= 0.3 is 0 Å². The fraction of sp³-hybridized carbons (Fsp3) is 0.200. The van der Waals surface area contributed by atoms with Gasteiger partial charge in [0, 0.05) is 23.4 Å². The van der Waals surface area contributed by atoms with Gasteiger partial charge in [-0.25, -0.2) is 4.39 Å². The summed E-state index contributed by atoms with van der Waals surface area (Å²) in [7, 11) is 0. The summed E-state index contributed by atoms with van der Waals surface area (Å²) in [6.45, 7) is 0.965. The van der Waals surface area contributed by atoms with Gasteiger partial charge in [0.1, 0.15) is 17.1 Å². The predicted octanol–water partition coefficient (Wildman–Crippen LogP) is 3.59. The van der Waals surface area contributed by atoms with E-state index < -0.39 is 0 Å². The van der Waals surface area contributed by atoms with E-state index in [9.17, 15) is 9.50 Å². The highest BCUT2D eigenvalue weighted by Crippen LogP contribution is 2.28. The molecule has 0 aliphatic carbocycles. The van der Waals surface area contributed by atoms with Gasteiger partial charge in [0.15, 0.2) is 0 Å². The van der Waals surface area contributed by atoms with Crippen LogP contribution >= 0.6 is 0 Å². The van der Waals surface area contributed by atoms with Crippen LogP contribution in [0.15, 0.2) is 53.7 Å². The first-order valence-corrected chi connectivity index (χ1v) is 8.19. The third-order valence-electron chi connectivity index (χ3n) is 3.97. The second-order valence-electron chi connectivity index (χ2n) is 5.89. The second kappa shape index (κ2) is 7.85. The number of aromatic nitrogens is 1. The average molecular weight is 337 g/mol. The van der Waals surface area contributed by atoms with E-state index in [0.717, 1.165) is 28.5 Å². The Kier molecular flexibility index (Phi) is 5.36. The first kappa shape index (κ1) is 17.0. The third kappa shape index (κ3) is 4.19. The van der Waals surface area contributed by atoms with Crippen molar-refractivity contribution in [1.82, 2.24) is 4.98 Å². The largest absolute Gasteiger partial charge is 0.505 e. The van der Waals surface area contributed by atoms with E-state index in [-0.39, 0.29) is 11.6 Å². The van der Waals surface area contributed by atoms with Crippen LogP contribution in [0.5, 0.6) is 5.75 Å². The Bertz CT molecular complexity index is 891. The molecule has 25 heavy (non-hydrogen) atoms. The van der Waals surface area contributed by atoms with Gasteiger partial charge < -0.3 is 10.8 Å². The number of aliphatic imine (C=N–C) groups is 1. The molecule has 0 aliphatic heterocycles. The highest BCUT2D eigenvalue weighted by atomic mass is 19.1. The topological polar surface area (TPSA) is 71.5 Å². The van der Waals surface area contributed by atoms with Crippen LogP contribution < -0.4 is 5.73 Å². The van der Waals surface area contributed by atoms with E-state index in [0.29, 0.717) is 25.0 Å². The molecule has 0 atom stereocenters. The number of benzene rings is 2. The number of fused-ring (bicyclic) bond motifs is 1. The smallest absolute Gasteiger partial charge is 0.146 e. The molecule has 2 aromatic carbocycles. The summed E-state index contributed by atoms with van der Waals surface area (Å²) in [5.41, 5.74) is 8.74. The second-order valence-corrected chi connectivity index (χ2v) is 5.89. The van der Waals surface area contributed by atoms with E-state index in [1.807, 2.05) is 18.2 Å². The van der Waals surface area contributed by atoms with Crippen molar-refractivity contribution >= 4 is 17.1 Å². The minimum atomic E-state index is -0.244. The molecule has 0 spiro atoms. The van der Waals surface area contributed by atoms with Crippen LogP contribution in [0.1, 0.15) is 23.1 Å². The molecule has 0 bridgehead atoms. The Hall–Kier alpha value is -2.79. The Balaban J connectivity index is 1.82. The van der Waals surface area contributed by atoms with Crippen molar-refractivity contribution in [3.63, 3.8) is 0 Å². The zero-order chi connectivity index (χ0) is 17.6. The highest BCUT2D eigenvalue weighted by molar-refractivity contribution is 5.86. The summed E-state index contributed by atoms with van der Waals surface area (Å²) in [5, 5.41) is 11.3. The SMILES string of the molecule is NCCC=NCc1ccc2cc(Cc3ccc(F)cc3)cnc2c1O. The Morgan fingerprint density at radius 3 is 2.68 bits per heavy atom. The fourth-order valence-corrected chi connectivity index (χ4v) is 2.66. The first-order chi connectivity index (χ1) is 12.2. The summed E-state index contributed by atoms with van der Waals surface area (Å²) < 4.78 is 13.0. The Morgan fingerprint density at radius 2 is 1.92 bits per heavy atom. The highest BCUT2D eigenvalue weighted by Gasteiger charge is 2.08. The van der Waals surface area contributed by atoms with Crippen molar-refractivity contribution < 1.29 is 9.50 Å². The zero-order valence-electron chi connectivity index (χ0n) is 13.8. The molecule has 0 aliphatic rings. The molecule has 0 amide bonds. The van der Waals surface area contributed by atoms with E-state index in [2.05, 4.69) is 9.98 Å². The average Bonchev–Trinajstić information content (AvgIpc) is 2.62. The minimum absolute atomic E-state index is 0.163. The number of nitrogens with zero attached hydrogens (tertiary/aromatic N) is 2. The number of halogens is 1. The molecule has 1 heterocycles. The van der Waals surface area contributed by atoms with Crippen molar-refractivity contribution in [3.8, 4) is 5.75 Å². The maximum absolute atomic E-state index is 13.0.